The van der Waals surface area contributed by atoms with Gasteiger partial charge in [-0.25, -0.2) is 9.97 Å². The van der Waals surface area contributed by atoms with Crippen molar-refractivity contribution < 1.29 is 5.11 Å². The van der Waals surface area contributed by atoms with Gasteiger partial charge in [-0.05, 0) is 44.6 Å². The van der Waals surface area contributed by atoms with Gasteiger partial charge in [0.05, 0.1) is 27.8 Å². The first-order chi connectivity index (χ1) is 15.0. The molecule has 3 aromatic heterocycles. The number of rotatable bonds is 10. The Morgan fingerprint density at radius 1 is 1.10 bits per heavy atom. The minimum absolute atomic E-state index is 0.266. The SMILES string of the molecule is CCC(CC)[C@@H](O)CNc1nc(NCC2CC2)nc(C)c1-c1nc2c(C)nccc2s1. The van der Waals surface area contributed by atoms with Crippen LogP contribution in [-0.4, -0.2) is 44.2 Å². The van der Waals surface area contributed by atoms with E-state index in [0.717, 1.165) is 63.3 Å². The number of aryl methyl sites for hydroxylation is 2. The number of aliphatic hydroxyl groups is 1. The maximum Gasteiger partial charge on any atom is 0.224 e. The van der Waals surface area contributed by atoms with Crippen LogP contribution >= 0.6 is 11.3 Å². The Bertz CT molecular complexity index is 1040. The molecule has 4 rings (SSSR count). The van der Waals surface area contributed by atoms with Crippen molar-refractivity contribution in [3.63, 3.8) is 0 Å². The van der Waals surface area contributed by atoms with E-state index in [1.54, 1.807) is 11.3 Å². The lowest BCUT2D eigenvalue weighted by atomic mass is 9.96. The van der Waals surface area contributed by atoms with Gasteiger partial charge in [0.15, 0.2) is 0 Å². The number of nitrogens with zero attached hydrogens (tertiary/aromatic N) is 4. The predicted octanol–water partition coefficient (Wildman–Crippen LogP) is 4.80. The van der Waals surface area contributed by atoms with E-state index < -0.39 is 6.10 Å². The zero-order chi connectivity index (χ0) is 22.0. The molecule has 8 heteroatoms. The first-order valence-electron chi connectivity index (χ1n) is 11.3. The van der Waals surface area contributed by atoms with Crippen LogP contribution in [0.15, 0.2) is 12.3 Å². The summed E-state index contributed by atoms with van der Waals surface area (Å²) in [6.45, 7) is 9.57. The molecule has 1 atom stereocenters. The average Bonchev–Trinajstić information content (AvgIpc) is 3.48. The summed E-state index contributed by atoms with van der Waals surface area (Å²) in [7, 11) is 0. The van der Waals surface area contributed by atoms with Crippen molar-refractivity contribution in [1.82, 2.24) is 19.9 Å². The van der Waals surface area contributed by atoms with Crippen molar-refractivity contribution >= 4 is 33.3 Å². The van der Waals surface area contributed by atoms with Crippen LogP contribution in [0.1, 0.15) is 50.9 Å². The molecule has 0 saturated heterocycles. The van der Waals surface area contributed by atoms with E-state index in [2.05, 4.69) is 29.5 Å². The highest BCUT2D eigenvalue weighted by atomic mass is 32.1. The Balaban J connectivity index is 1.68. The van der Waals surface area contributed by atoms with Crippen molar-refractivity contribution in [3.05, 3.63) is 23.7 Å². The Morgan fingerprint density at radius 2 is 1.87 bits per heavy atom. The lowest BCUT2D eigenvalue weighted by molar-refractivity contribution is 0.114. The molecule has 3 N–H and O–H groups in total. The Kier molecular flexibility index (Phi) is 6.67. The van der Waals surface area contributed by atoms with Gasteiger partial charge >= 0.3 is 0 Å². The first-order valence-corrected chi connectivity index (χ1v) is 12.1. The van der Waals surface area contributed by atoms with E-state index in [4.69, 9.17) is 15.0 Å². The van der Waals surface area contributed by atoms with Crippen LogP contribution in [0.2, 0.25) is 0 Å². The Labute approximate surface area is 187 Å². The fourth-order valence-electron chi connectivity index (χ4n) is 3.88. The van der Waals surface area contributed by atoms with Gasteiger partial charge in [0, 0.05) is 19.3 Å². The van der Waals surface area contributed by atoms with E-state index in [0.29, 0.717) is 12.5 Å². The molecule has 3 aromatic rings. The molecule has 3 heterocycles. The van der Waals surface area contributed by atoms with Crippen molar-refractivity contribution in [3.8, 4) is 10.6 Å². The Hall–Kier alpha value is -2.32. The average molecular weight is 441 g/mol. The van der Waals surface area contributed by atoms with Crippen molar-refractivity contribution in [2.75, 3.05) is 23.7 Å². The van der Waals surface area contributed by atoms with Gasteiger partial charge in [-0.1, -0.05) is 26.7 Å². The minimum atomic E-state index is -0.428. The number of aromatic nitrogens is 4. The Morgan fingerprint density at radius 3 is 2.55 bits per heavy atom. The maximum atomic E-state index is 10.7. The van der Waals surface area contributed by atoms with E-state index in [9.17, 15) is 5.11 Å². The normalized spacial score (nSPS) is 14.9. The largest absolute Gasteiger partial charge is 0.391 e. The smallest absolute Gasteiger partial charge is 0.224 e. The summed E-state index contributed by atoms with van der Waals surface area (Å²) in [5.74, 6) is 2.35. The summed E-state index contributed by atoms with van der Waals surface area (Å²) in [5.41, 5.74) is 3.60. The minimum Gasteiger partial charge on any atom is -0.391 e. The number of hydrogen-bond acceptors (Lipinski definition) is 8. The molecule has 1 fully saturated rings. The number of aliphatic hydroxyl groups excluding tert-OH is 1. The second-order valence-corrected chi connectivity index (χ2v) is 9.50. The number of thiazole rings is 1. The monoisotopic (exact) mass is 440 g/mol. The molecule has 0 aromatic carbocycles. The molecule has 0 aliphatic heterocycles. The first kappa shape index (κ1) is 21.9. The van der Waals surface area contributed by atoms with E-state index in [1.165, 1.54) is 12.8 Å². The summed E-state index contributed by atoms with van der Waals surface area (Å²) in [5, 5.41) is 18.3. The summed E-state index contributed by atoms with van der Waals surface area (Å²) in [4.78, 5) is 18.8. The highest BCUT2D eigenvalue weighted by Crippen LogP contribution is 2.37. The lowest BCUT2D eigenvalue weighted by Crippen LogP contribution is -2.28. The van der Waals surface area contributed by atoms with E-state index in [1.807, 2.05) is 26.1 Å². The number of anilines is 2. The molecule has 31 heavy (non-hydrogen) atoms. The fraction of sp³-hybridized carbons (Fsp3) is 0.565. The third kappa shape index (κ3) is 4.96. The third-order valence-corrected chi connectivity index (χ3v) is 7.15. The molecular weight excluding hydrogens is 408 g/mol. The number of hydrogen-bond donors (Lipinski definition) is 3. The molecule has 7 nitrogen and oxygen atoms in total. The van der Waals surface area contributed by atoms with E-state index >= 15 is 0 Å². The lowest BCUT2D eigenvalue weighted by Gasteiger charge is -2.22. The third-order valence-electron chi connectivity index (χ3n) is 6.11. The van der Waals surface area contributed by atoms with E-state index in [-0.39, 0.29) is 5.92 Å². The van der Waals surface area contributed by atoms with Gasteiger partial charge in [-0.2, -0.15) is 4.98 Å². The van der Waals surface area contributed by atoms with Crippen LogP contribution in [0.4, 0.5) is 11.8 Å². The van der Waals surface area contributed by atoms with Gasteiger partial charge in [-0.15, -0.1) is 11.3 Å². The topological polar surface area (TPSA) is 95.8 Å². The zero-order valence-corrected chi connectivity index (χ0v) is 19.6. The van der Waals surface area contributed by atoms with Gasteiger partial charge in [0.25, 0.3) is 0 Å². The number of nitrogens with one attached hydrogen (secondary N) is 2. The summed E-state index contributed by atoms with van der Waals surface area (Å²) >= 11 is 1.62. The van der Waals surface area contributed by atoms with Gasteiger partial charge < -0.3 is 15.7 Å². The highest BCUT2D eigenvalue weighted by Gasteiger charge is 2.23. The van der Waals surface area contributed by atoms with Crippen LogP contribution in [0.5, 0.6) is 0 Å². The molecule has 1 aliphatic carbocycles. The van der Waals surface area contributed by atoms with Crippen LogP contribution in [0, 0.1) is 25.7 Å². The zero-order valence-electron chi connectivity index (χ0n) is 18.8. The second kappa shape index (κ2) is 9.44. The molecular formula is C23H32N6OS. The fourth-order valence-corrected chi connectivity index (χ4v) is 4.99. The molecule has 0 bridgehead atoms. The van der Waals surface area contributed by atoms with Crippen LogP contribution < -0.4 is 10.6 Å². The quantitative estimate of drug-likeness (QED) is 0.417. The standard InChI is InChI=1S/C23H32N6OS/c1-5-16(6-2)17(30)12-25-21-19(13(3)27-23(29-21)26-11-15-7-8-15)22-28-20-14(4)24-10-9-18(20)31-22/h9-10,15-17,30H,5-8,11-12H2,1-4H3,(H2,25,26,27,29)/t17-/m0/s1. The molecule has 1 saturated carbocycles. The summed E-state index contributed by atoms with van der Waals surface area (Å²) < 4.78 is 1.10. The van der Waals surface area contributed by atoms with Gasteiger partial charge in [0.2, 0.25) is 5.95 Å². The maximum absolute atomic E-state index is 10.7. The van der Waals surface area contributed by atoms with Gasteiger partial charge in [-0.3, -0.25) is 4.98 Å². The number of fused-ring (bicyclic) bond motifs is 1. The summed E-state index contributed by atoms with van der Waals surface area (Å²) in [6, 6.07) is 2.00. The van der Waals surface area contributed by atoms with Crippen molar-refractivity contribution in [2.45, 2.75) is 59.5 Å². The summed E-state index contributed by atoms with van der Waals surface area (Å²) in [6.07, 6.45) is 5.84. The molecule has 1 aliphatic rings. The van der Waals surface area contributed by atoms with Crippen molar-refractivity contribution in [2.24, 2.45) is 11.8 Å². The predicted molar refractivity (Wildman–Crippen MR) is 128 cm³/mol. The molecule has 166 valence electrons. The van der Waals surface area contributed by atoms with Crippen molar-refractivity contribution in [1.29, 1.82) is 0 Å². The highest BCUT2D eigenvalue weighted by molar-refractivity contribution is 7.21. The van der Waals surface area contributed by atoms with Gasteiger partial charge in [0.1, 0.15) is 16.3 Å². The molecule has 0 amide bonds. The van der Waals surface area contributed by atoms with Crippen LogP contribution in [-0.2, 0) is 0 Å². The van der Waals surface area contributed by atoms with Crippen LogP contribution in [0.3, 0.4) is 0 Å². The molecule has 0 radical (unpaired) electrons. The molecule has 0 spiro atoms. The number of pyridine rings is 1. The molecule has 0 unspecified atom stereocenters. The second-order valence-electron chi connectivity index (χ2n) is 8.47. The van der Waals surface area contributed by atoms with Crippen LogP contribution in [0.25, 0.3) is 20.8 Å².